The van der Waals surface area contributed by atoms with Crippen LogP contribution in [0.2, 0.25) is 0 Å². The van der Waals surface area contributed by atoms with E-state index in [2.05, 4.69) is 10.6 Å². The molecule has 0 unspecified atom stereocenters. The number of nitrogens with zero attached hydrogens (tertiary/aromatic N) is 1. The number of carbonyl (C=O) groups excluding carboxylic acids is 3. The second kappa shape index (κ2) is 7.43. The van der Waals surface area contributed by atoms with Crippen LogP contribution in [-0.2, 0) is 19.6 Å². The quantitative estimate of drug-likeness (QED) is 0.816. The molecule has 0 aromatic heterocycles. The lowest BCUT2D eigenvalue weighted by Gasteiger charge is -2.15. The first-order valence-corrected chi connectivity index (χ1v) is 10.1. The Balaban J connectivity index is 1.76. The van der Waals surface area contributed by atoms with Gasteiger partial charge in [0.15, 0.2) is 0 Å². The van der Waals surface area contributed by atoms with E-state index in [-0.39, 0.29) is 17.3 Å². The van der Waals surface area contributed by atoms with E-state index in [0.29, 0.717) is 16.9 Å². The van der Waals surface area contributed by atoms with Crippen LogP contribution in [0.4, 0.5) is 17.1 Å². The zero-order valence-electron chi connectivity index (χ0n) is 15.3. The molecule has 1 atom stereocenters. The number of carbonyl (C=O) groups is 3. The molecular formula is C19H19N3O5S. The van der Waals surface area contributed by atoms with Crippen molar-refractivity contribution in [3.63, 3.8) is 0 Å². The van der Waals surface area contributed by atoms with Crippen molar-refractivity contribution in [2.24, 2.45) is 5.92 Å². The molecule has 2 aromatic rings. The molecule has 1 saturated heterocycles. The standard InChI is InChI=1S/C19H19N3O5S/c1-12-11-28(26,27)22(19(12)25)17-8-6-14(7-9-17)18(24)21-16-5-3-4-15(10-16)20-13(2)23/h3-10,12H,11H2,1-2H3,(H,20,23)(H,21,24)/t12-/m0/s1. The lowest BCUT2D eigenvalue weighted by atomic mass is 10.1. The Morgan fingerprint density at radius 2 is 1.64 bits per heavy atom. The van der Waals surface area contributed by atoms with Crippen molar-refractivity contribution in [3.05, 3.63) is 54.1 Å². The molecule has 0 bridgehead atoms. The van der Waals surface area contributed by atoms with Gasteiger partial charge in [-0.05, 0) is 42.5 Å². The Labute approximate surface area is 162 Å². The average Bonchev–Trinajstić information content (AvgIpc) is 2.82. The number of anilines is 3. The summed E-state index contributed by atoms with van der Waals surface area (Å²) < 4.78 is 25.1. The van der Waals surface area contributed by atoms with Crippen LogP contribution in [0.25, 0.3) is 0 Å². The van der Waals surface area contributed by atoms with Crippen LogP contribution in [0.1, 0.15) is 24.2 Å². The van der Waals surface area contributed by atoms with Crippen LogP contribution in [0.5, 0.6) is 0 Å². The van der Waals surface area contributed by atoms with Gasteiger partial charge in [-0.3, -0.25) is 14.4 Å². The molecule has 146 valence electrons. The van der Waals surface area contributed by atoms with Gasteiger partial charge in [-0.1, -0.05) is 13.0 Å². The summed E-state index contributed by atoms with van der Waals surface area (Å²) in [6.07, 6.45) is 0. The Morgan fingerprint density at radius 3 is 2.18 bits per heavy atom. The Morgan fingerprint density at radius 1 is 1.04 bits per heavy atom. The van der Waals surface area contributed by atoms with Gasteiger partial charge in [0.2, 0.25) is 21.8 Å². The van der Waals surface area contributed by atoms with Gasteiger partial charge in [0.05, 0.1) is 17.4 Å². The molecule has 2 aromatic carbocycles. The van der Waals surface area contributed by atoms with E-state index in [1.54, 1.807) is 31.2 Å². The maximum absolute atomic E-state index is 12.4. The number of hydrogen-bond donors (Lipinski definition) is 2. The third kappa shape index (κ3) is 4.04. The summed E-state index contributed by atoms with van der Waals surface area (Å²) in [6.45, 7) is 2.95. The van der Waals surface area contributed by atoms with Gasteiger partial charge < -0.3 is 10.6 Å². The minimum atomic E-state index is -3.69. The molecule has 28 heavy (non-hydrogen) atoms. The predicted molar refractivity (Wildman–Crippen MR) is 106 cm³/mol. The smallest absolute Gasteiger partial charge is 0.255 e. The van der Waals surface area contributed by atoms with Gasteiger partial charge in [-0.25, -0.2) is 12.7 Å². The molecule has 3 rings (SSSR count). The summed E-state index contributed by atoms with van der Waals surface area (Å²) in [5, 5.41) is 5.33. The van der Waals surface area contributed by atoms with Crippen LogP contribution in [-0.4, -0.2) is 31.9 Å². The number of rotatable bonds is 4. The highest BCUT2D eigenvalue weighted by Crippen LogP contribution is 2.28. The molecule has 2 N–H and O–H groups in total. The van der Waals surface area contributed by atoms with Gasteiger partial charge in [0.1, 0.15) is 0 Å². The highest BCUT2D eigenvalue weighted by molar-refractivity contribution is 7.94. The SMILES string of the molecule is CC(=O)Nc1cccc(NC(=O)c2ccc(N3C(=O)[C@@H](C)CS3(=O)=O)cc2)c1. The van der Waals surface area contributed by atoms with Crippen molar-refractivity contribution < 1.29 is 22.8 Å². The Bertz CT molecular complexity index is 1050. The van der Waals surface area contributed by atoms with Gasteiger partial charge in [0, 0.05) is 23.9 Å². The number of sulfonamides is 1. The fourth-order valence-corrected chi connectivity index (χ4v) is 4.74. The fourth-order valence-electron chi connectivity index (χ4n) is 2.92. The average molecular weight is 401 g/mol. The van der Waals surface area contributed by atoms with E-state index in [4.69, 9.17) is 0 Å². The Kier molecular flexibility index (Phi) is 5.19. The molecular weight excluding hydrogens is 382 g/mol. The summed E-state index contributed by atoms with van der Waals surface area (Å²) in [4.78, 5) is 35.7. The van der Waals surface area contributed by atoms with E-state index in [0.717, 1.165) is 4.31 Å². The molecule has 1 aliphatic heterocycles. The molecule has 1 fully saturated rings. The van der Waals surface area contributed by atoms with Crippen LogP contribution < -0.4 is 14.9 Å². The third-order valence-corrected chi connectivity index (χ3v) is 6.03. The van der Waals surface area contributed by atoms with E-state index < -0.39 is 27.8 Å². The summed E-state index contributed by atoms with van der Waals surface area (Å²) in [5.74, 6) is -1.93. The topological polar surface area (TPSA) is 113 Å². The molecule has 0 aliphatic carbocycles. The molecule has 3 amide bonds. The van der Waals surface area contributed by atoms with E-state index >= 15 is 0 Å². The summed E-state index contributed by atoms with van der Waals surface area (Å²) in [7, 11) is -3.69. The van der Waals surface area contributed by atoms with Gasteiger partial charge >= 0.3 is 0 Å². The third-order valence-electron chi connectivity index (χ3n) is 4.17. The van der Waals surface area contributed by atoms with Crippen LogP contribution in [0.3, 0.4) is 0 Å². The number of benzene rings is 2. The molecule has 1 heterocycles. The van der Waals surface area contributed by atoms with Crippen molar-refractivity contribution in [2.75, 3.05) is 20.7 Å². The van der Waals surface area contributed by atoms with Crippen molar-refractivity contribution >= 4 is 44.8 Å². The van der Waals surface area contributed by atoms with Crippen molar-refractivity contribution in [1.29, 1.82) is 0 Å². The first kappa shape index (κ1) is 19.6. The highest BCUT2D eigenvalue weighted by atomic mass is 32.2. The number of nitrogens with one attached hydrogen (secondary N) is 2. The minimum absolute atomic E-state index is 0.207. The van der Waals surface area contributed by atoms with Crippen LogP contribution in [0.15, 0.2) is 48.5 Å². The monoisotopic (exact) mass is 401 g/mol. The maximum atomic E-state index is 12.4. The number of amides is 3. The molecule has 0 saturated carbocycles. The van der Waals surface area contributed by atoms with Crippen LogP contribution >= 0.6 is 0 Å². The van der Waals surface area contributed by atoms with E-state index in [1.165, 1.54) is 31.2 Å². The minimum Gasteiger partial charge on any atom is -0.326 e. The molecule has 1 aliphatic rings. The summed E-state index contributed by atoms with van der Waals surface area (Å²) >= 11 is 0. The normalized spacial score (nSPS) is 18.0. The molecule has 0 radical (unpaired) electrons. The van der Waals surface area contributed by atoms with Crippen molar-refractivity contribution in [1.82, 2.24) is 0 Å². The van der Waals surface area contributed by atoms with Crippen molar-refractivity contribution in [3.8, 4) is 0 Å². The highest BCUT2D eigenvalue weighted by Gasteiger charge is 2.41. The van der Waals surface area contributed by atoms with Crippen LogP contribution in [0, 0.1) is 5.92 Å². The summed E-state index contributed by atoms with van der Waals surface area (Å²) in [5.41, 5.74) is 1.54. The fraction of sp³-hybridized carbons (Fsp3) is 0.211. The maximum Gasteiger partial charge on any atom is 0.255 e. The molecule has 9 heteroatoms. The van der Waals surface area contributed by atoms with E-state index in [9.17, 15) is 22.8 Å². The summed E-state index contributed by atoms with van der Waals surface area (Å²) in [6, 6.07) is 12.4. The number of hydrogen-bond acceptors (Lipinski definition) is 5. The molecule has 0 spiro atoms. The first-order chi connectivity index (χ1) is 13.2. The predicted octanol–water partition coefficient (Wildman–Crippen LogP) is 2.21. The largest absolute Gasteiger partial charge is 0.326 e. The van der Waals surface area contributed by atoms with Gasteiger partial charge in [0.25, 0.3) is 5.91 Å². The second-order valence-electron chi connectivity index (χ2n) is 6.55. The zero-order chi connectivity index (χ0) is 20.5. The second-order valence-corrected chi connectivity index (χ2v) is 8.41. The Hall–Kier alpha value is -3.20. The van der Waals surface area contributed by atoms with Crippen molar-refractivity contribution in [2.45, 2.75) is 13.8 Å². The lowest BCUT2D eigenvalue weighted by molar-refractivity contribution is -0.119. The molecule has 8 nitrogen and oxygen atoms in total. The van der Waals surface area contributed by atoms with E-state index in [1.807, 2.05) is 0 Å². The first-order valence-electron chi connectivity index (χ1n) is 8.53. The zero-order valence-corrected chi connectivity index (χ0v) is 16.1. The lowest BCUT2D eigenvalue weighted by Crippen LogP contribution is -2.30. The van der Waals surface area contributed by atoms with Gasteiger partial charge in [-0.2, -0.15) is 0 Å². The van der Waals surface area contributed by atoms with Gasteiger partial charge in [-0.15, -0.1) is 0 Å².